The molecule has 34 heavy (non-hydrogen) atoms. The molecule has 0 spiro atoms. The van der Waals surface area contributed by atoms with Crippen LogP contribution in [0.2, 0.25) is 5.02 Å². The molecule has 0 saturated heterocycles. The van der Waals surface area contributed by atoms with Crippen LogP contribution in [0, 0.1) is 29.1 Å². The third-order valence-electron chi connectivity index (χ3n) is 6.94. The second-order valence-corrected chi connectivity index (χ2v) is 11.5. The van der Waals surface area contributed by atoms with Crippen molar-refractivity contribution in [3.8, 4) is 0 Å². The summed E-state index contributed by atoms with van der Waals surface area (Å²) in [4.78, 5) is 16.8. The second-order valence-electron chi connectivity index (χ2n) is 11.0. The number of benzene rings is 1. The molecule has 1 saturated carbocycles. The van der Waals surface area contributed by atoms with Gasteiger partial charge in [-0.1, -0.05) is 71.7 Å². The van der Waals surface area contributed by atoms with Gasteiger partial charge in [-0.3, -0.25) is 0 Å². The van der Waals surface area contributed by atoms with Crippen molar-refractivity contribution < 1.29 is 14.6 Å². The highest BCUT2D eigenvalue weighted by Gasteiger charge is 2.41. The van der Waals surface area contributed by atoms with E-state index in [1.807, 2.05) is 51.1 Å². The number of hydrogen-bond acceptors (Lipinski definition) is 5. The smallest absolute Gasteiger partial charge is 0.138 e. The van der Waals surface area contributed by atoms with Gasteiger partial charge in [-0.05, 0) is 59.8 Å². The van der Waals surface area contributed by atoms with E-state index in [1.165, 1.54) is 6.33 Å². The monoisotopic (exact) mass is 486 g/mol. The van der Waals surface area contributed by atoms with Crippen molar-refractivity contribution in [2.75, 3.05) is 0 Å². The van der Waals surface area contributed by atoms with Gasteiger partial charge in [-0.25, -0.2) is 9.67 Å². The summed E-state index contributed by atoms with van der Waals surface area (Å²) in [6.07, 6.45) is 6.73. The molecule has 0 amide bonds. The van der Waals surface area contributed by atoms with Gasteiger partial charge in [0.2, 0.25) is 0 Å². The van der Waals surface area contributed by atoms with Crippen molar-refractivity contribution in [3.63, 3.8) is 0 Å². The Balaban J connectivity index is 2.08. The lowest BCUT2D eigenvalue weighted by Crippen LogP contribution is -2.51. The zero-order valence-electron chi connectivity index (χ0n) is 21.1. The van der Waals surface area contributed by atoms with Gasteiger partial charge in [0.25, 0.3) is 0 Å². The van der Waals surface area contributed by atoms with Crippen molar-refractivity contribution >= 4 is 29.3 Å². The summed E-state index contributed by atoms with van der Waals surface area (Å²) < 4.78 is 8.17. The number of carboxylic acids is 1. The number of aromatic nitrogens is 3. The first-order valence-electron chi connectivity index (χ1n) is 12.2. The number of carbonyl (C=O) groups excluding carboxylic acids is 1. The van der Waals surface area contributed by atoms with Crippen LogP contribution in [0.5, 0.6) is 0 Å². The van der Waals surface area contributed by atoms with Gasteiger partial charge in [0, 0.05) is 10.9 Å². The van der Waals surface area contributed by atoms with Crippen LogP contribution in [0.25, 0.3) is 11.8 Å². The van der Waals surface area contributed by atoms with Crippen molar-refractivity contribution in [3.05, 3.63) is 47.5 Å². The molecule has 0 aliphatic heterocycles. The summed E-state index contributed by atoms with van der Waals surface area (Å²) >= 11 is 6.08. The molecule has 186 valence electrons. The lowest BCUT2D eigenvalue weighted by atomic mass is 9.73. The Bertz CT molecular complexity index is 964. The molecule has 0 N–H and O–H groups in total. The van der Waals surface area contributed by atoms with E-state index in [2.05, 4.69) is 30.9 Å². The number of ether oxygens (including phenoxy) is 1. The van der Waals surface area contributed by atoms with Gasteiger partial charge in [-0.15, -0.1) is 0 Å². The first-order valence-corrected chi connectivity index (χ1v) is 12.5. The normalized spacial score (nSPS) is 23.6. The minimum absolute atomic E-state index is 0.135. The number of carboxylic acid groups (broad SMARTS) is 1. The zero-order valence-corrected chi connectivity index (χ0v) is 21.8. The maximum absolute atomic E-state index is 12.7. The van der Waals surface area contributed by atoms with Gasteiger partial charge >= 0.3 is 0 Å². The van der Waals surface area contributed by atoms with E-state index in [4.69, 9.17) is 16.3 Å². The van der Waals surface area contributed by atoms with Crippen LogP contribution in [0.1, 0.15) is 66.4 Å². The van der Waals surface area contributed by atoms with Crippen LogP contribution in [0.3, 0.4) is 0 Å². The highest BCUT2D eigenvalue weighted by Crippen LogP contribution is 2.42. The largest absolute Gasteiger partial charge is 0.547 e. The first-order chi connectivity index (χ1) is 16.0. The predicted molar refractivity (Wildman–Crippen MR) is 134 cm³/mol. The highest BCUT2D eigenvalue weighted by atomic mass is 35.5. The van der Waals surface area contributed by atoms with Crippen molar-refractivity contribution in [2.45, 2.75) is 73.0 Å². The fraction of sp³-hybridized carbons (Fsp3) is 0.593. The maximum atomic E-state index is 12.7. The van der Waals surface area contributed by atoms with Gasteiger partial charge in [0.15, 0.2) is 0 Å². The number of nitrogens with zero attached hydrogens (tertiary/aromatic N) is 3. The molecule has 5 unspecified atom stereocenters. The molecule has 1 aliphatic rings. The third kappa shape index (κ3) is 6.48. The maximum Gasteiger partial charge on any atom is 0.138 e. The van der Waals surface area contributed by atoms with Crippen LogP contribution in [-0.4, -0.2) is 32.9 Å². The van der Waals surface area contributed by atoms with E-state index in [-0.39, 0.29) is 6.10 Å². The predicted octanol–water partition coefficient (Wildman–Crippen LogP) is 5.19. The molecule has 0 bridgehead atoms. The standard InChI is InChI=1S/C27H38ClN3O3/c1-17(2)21-12-7-18(3)13-23(21)34-25(26(32)33)24(27(4,5)6)22(31-16-29-15-30-31)14-19-8-10-20(28)11-9-19/h8-11,14-18,21,23-25H,7,12-13H2,1-6H3,(H,32,33)/p-1/b22-14+. The molecule has 1 aromatic carbocycles. The van der Waals surface area contributed by atoms with Crippen molar-refractivity contribution in [2.24, 2.45) is 29.1 Å². The molecule has 1 aliphatic carbocycles. The molecule has 5 atom stereocenters. The SMILES string of the molecule is CC1CCC(C(C)C)C(OC(C(=O)[O-])C(/C(=C\c2ccc(Cl)cc2)n2cncn2)C(C)(C)C)C1. The summed E-state index contributed by atoms with van der Waals surface area (Å²) in [5.41, 5.74) is 1.10. The molecule has 1 heterocycles. The van der Waals surface area contributed by atoms with Crippen LogP contribution in [0.4, 0.5) is 0 Å². The summed E-state index contributed by atoms with van der Waals surface area (Å²) in [5, 5.41) is 17.6. The van der Waals surface area contributed by atoms with E-state index in [0.717, 1.165) is 24.8 Å². The summed E-state index contributed by atoms with van der Waals surface area (Å²) in [6, 6.07) is 7.40. The van der Waals surface area contributed by atoms with Gasteiger partial charge in [-0.2, -0.15) is 5.10 Å². The minimum atomic E-state index is -1.21. The van der Waals surface area contributed by atoms with E-state index in [9.17, 15) is 9.90 Å². The van der Waals surface area contributed by atoms with Crippen molar-refractivity contribution in [1.29, 1.82) is 0 Å². The number of aliphatic carboxylic acids is 1. The van der Waals surface area contributed by atoms with Gasteiger partial charge in [0.05, 0.1) is 17.8 Å². The third-order valence-corrected chi connectivity index (χ3v) is 7.19. The Labute approximate surface area is 208 Å². The number of halogens is 1. The lowest BCUT2D eigenvalue weighted by Gasteiger charge is -2.44. The molecule has 7 heteroatoms. The molecule has 0 radical (unpaired) electrons. The summed E-state index contributed by atoms with van der Waals surface area (Å²) in [5.74, 6) is -0.529. The zero-order chi connectivity index (χ0) is 25.0. The fourth-order valence-electron chi connectivity index (χ4n) is 5.15. The number of carbonyl (C=O) groups is 1. The van der Waals surface area contributed by atoms with Crippen LogP contribution >= 0.6 is 11.6 Å². The molecule has 1 aromatic heterocycles. The average Bonchev–Trinajstić information content (AvgIpc) is 3.27. The summed E-state index contributed by atoms with van der Waals surface area (Å²) in [7, 11) is 0. The Morgan fingerprint density at radius 2 is 1.91 bits per heavy atom. The number of rotatable bonds is 8. The van der Waals surface area contributed by atoms with Crippen molar-refractivity contribution in [1.82, 2.24) is 14.8 Å². The van der Waals surface area contributed by atoms with Gasteiger partial charge < -0.3 is 14.6 Å². The van der Waals surface area contributed by atoms with E-state index < -0.39 is 23.4 Å². The molecule has 1 fully saturated rings. The molecule has 6 nitrogen and oxygen atoms in total. The molecular formula is C27H37ClN3O3-. The van der Waals surface area contributed by atoms with Crippen LogP contribution in [0.15, 0.2) is 36.9 Å². The second kappa shape index (κ2) is 11.0. The Morgan fingerprint density at radius 1 is 1.24 bits per heavy atom. The number of hydrogen-bond donors (Lipinski definition) is 0. The Morgan fingerprint density at radius 3 is 2.44 bits per heavy atom. The van der Waals surface area contributed by atoms with E-state index in [1.54, 1.807) is 11.0 Å². The quantitative estimate of drug-likeness (QED) is 0.513. The lowest BCUT2D eigenvalue weighted by molar-refractivity contribution is -0.323. The average molecular weight is 487 g/mol. The van der Waals surface area contributed by atoms with E-state index >= 15 is 0 Å². The van der Waals surface area contributed by atoms with Crippen LogP contribution < -0.4 is 5.11 Å². The summed E-state index contributed by atoms with van der Waals surface area (Å²) in [6.45, 7) is 12.7. The van der Waals surface area contributed by atoms with Crippen LogP contribution in [-0.2, 0) is 9.53 Å². The van der Waals surface area contributed by atoms with E-state index in [0.29, 0.717) is 28.5 Å². The first kappa shape index (κ1) is 26.4. The molecule has 2 aromatic rings. The molecule has 3 rings (SSSR count). The fourth-order valence-corrected chi connectivity index (χ4v) is 5.28. The Hall–Kier alpha value is -2.18. The highest BCUT2D eigenvalue weighted by molar-refractivity contribution is 6.30. The van der Waals surface area contributed by atoms with Gasteiger partial charge in [0.1, 0.15) is 18.8 Å². The molecular weight excluding hydrogens is 450 g/mol. The topological polar surface area (TPSA) is 80.1 Å². The minimum Gasteiger partial charge on any atom is -0.547 e. The Kier molecular flexibility index (Phi) is 8.58.